The van der Waals surface area contributed by atoms with Gasteiger partial charge >= 0.3 is 0 Å². The van der Waals surface area contributed by atoms with E-state index in [1.54, 1.807) is 36.3 Å². The maximum atomic E-state index is 12.8. The molecule has 1 fully saturated rings. The molecule has 0 spiro atoms. The third-order valence-corrected chi connectivity index (χ3v) is 5.57. The van der Waals surface area contributed by atoms with Crippen molar-refractivity contribution >= 4 is 34.7 Å². The molecule has 3 rings (SSSR count). The van der Waals surface area contributed by atoms with E-state index in [9.17, 15) is 14.4 Å². The molecular weight excluding hydrogens is 406 g/mol. The van der Waals surface area contributed by atoms with Gasteiger partial charge in [-0.25, -0.2) is 0 Å². The average Bonchev–Trinajstić information content (AvgIpc) is 3.24. The van der Waals surface area contributed by atoms with Crippen LogP contribution in [0.4, 0.5) is 5.69 Å². The standard InChI is InChI=1S/C20H25N5O4S/c1-12(2)21-16(26)13-5-4-10-25(11-13)20(28)19-24-23-18(30-19)17(27)22-14-6-8-15(29-3)9-7-14/h6-9,12-13H,4-5,10-11H2,1-3H3,(H,21,26)(H,22,27)/t13-/m0/s1. The Morgan fingerprint density at radius 2 is 1.87 bits per heavy atom. The molecule has 2 heterocycles. The van der Waals surface area contributed by atoms with Crippen molar-refractivity contribution in [3.8, 4) is 5.75 Å². The minimum atomic E-state index is -0.440. The Morgan fingerprint density at radius 3 is 2.53 bits per heavy atom. The Balaban J connectivity index is 1.62. The Hall–Kier alpha value is -3.01. The van der Waals surface area contributed by atoms with Gasteiger partial charge in [0.2, 0.25) is 15.9 Å². The van der Waals surface area contributed by atoms with E-state index in [-0.39, 0.29) is 33.8 Å². The summed E-state index contributed by atoms with van der Waals surface area (Å²) in [5.74, 6) is -0.350. The number of ether oxygens (including phenoxy) is 1. The largest absolute Gasteiger partial charge is 0.497 e. The van der Waals surface area contributed by atoms with Gasteiger partial charge in [-0.1, -0.05) is 11.3 Å². The third kappa shape index (κ3) is 5.32. The number of nitrogens with one attached hydrogen (secondary N) is 2. The monoisotopic (exact) mass is 431 g/mol. The molecule has 30 heavy (non-hydrogen) atoms. The Labute approximate surface area is 178 Å². The zero-order valence-electron chi connectivity index (χ0n) is 17.2. The van der Waals surface area contributed by atoms with Gasteiger partial charge in [-0.05, 0) is 51.0 Å². The summed E-state index contributed by atoms with van der Waals surface area (Å²) in [6.45, 7) is 4.70. The second-order valence-electron chi connectivity index (χ2n) is 7.35. The second kappa shape index (κ2) is 9.66. The first-order chi connectivity index (χ1) is 14.4. The van der Waals surface area contributed by atoms with Crippen LogP contribution < -0.4 is 15.4 Å². The number of hydrogen-bond donors (Lipinski definition) is 2. The summed E-state index contributed by atoms with van der Waals surface area (Å²) in [7, 11) is 1.56. The molecule has 2 aromatic rings. The van der Waals surface area contributed by atoms with Crippen molar-refractivity contribution < 1.29 is 19.1 Å². The number of benzene rings is 1. The second-order valence-corrected chi connectivity index (χ2v) is 8.33. The first-order valence-corrected chi connectivity index (χ1v) is 10.6. The van der Waals surface area contributed by atoms with Crippen LogP contribution >= 0.6 is 11.3 Å². The van der Waals surface area contributed by atoms with Crippen LogP contribution in [0.1, 0.15) is 46.3 Å². The van der Waals surface area contributed by atoms with Crippen molar-refractivity contribution in [1.82, 2.24) is 20.4 Å². The highest BCUT2D eigenvalue weighted by atomic mass is 32.1. The van der Waals surface area contributed by atoms with Gasteiger partial charge in [0.1, 0.15) is 5.75 Å². The Morgan fingerprint density at radius 1 is 1.17 bits per heavy atom. The number of methoxy groups -OCH3 is 1. The van der Waals surface area contributed by atoms with Gasteiger partial charge in [0, 0.05) is 24.8 Å². The van der Waals surface area contributed by atoms with Crippen molar-refractivity contribution in [3.05, 3.63) is 34.3 Å². The van der Waals surface area contributed by atoms with E-state index < -0.39 is 5.91 Å². The fourth-order valence-corrected chi connectivity index (χ4v) is 3.88. The number of hydrogen-bond acceptors (Lipinski definition) is 7. The van der Waals surface area contributed by atoms with Crippen molar-refractivity contribution in [3.63, 3.8) is 0 Å². The zero-order chi connectivity index (χ0) is 21.7. The van der Waals surface area contributed by atoms with Gasteiger partial charge in [0.15, 0.2) is 0 Å². The summed E-state index contributed by atoms with van der Waals surface area (Å²) >= 11 is 0.939. The number of rotatable bonds is 6. The molecule has 9 nitrogen and oxygen atoms in total. The highest BCUT2D eigenvalue weighted by Crippen LogP contribution is 2.21. The Kier molecular flexibility index (Phi) is 6.99. The summed E-state index contributed by atoms with van der Waals surface area (Å²) in [5.41, 5.74) is 0.582. The quantitative estimate of drug-likeness (QED) is 0.725. The summed E-state index contributed by atoms with van der Waals surface area (Å²) in [5, 5.41) is 13.6. The predicted octanol–water partition coefficient (Wildman–Crippen LogP) is 2.18. The van der Waals surface area contributed by atoms with Crippen LogP contribution in [0.3, 0.4) is 0 Å². The third-order valence-electron chi connectivity index (χ3n) is 4.66. The van der Waals surface area contributed by atoms with Crippen LogP contribution in [-0.4, -0.2) is 59.1 Å². The number of carbonyl (C=O) groups excluding carboxylic acids is 3. The minimum absolute atomic E-state index is 0.0423. The van der Waals surface area contributed by atoms with E-state index in [1.165, 1.54) is 0 Å². The van der Waals surface area contributed by atoms with Gasteiger partial charge in [0.25, 0.3) is 11.8 Å². The number of anilines is 1. The molecule has 1 aliphatic heterocycles. The number of carbonyl (C=O) groups is 3. The molecule has 10 heteroatoms. The predicted molar refractivity (Wildman–Crippen MR) is 113 cm³/mol. The van der Waals surface area contributed by atoms with Gasteiger partial charge in [-0.3, -0.25) is 14.4 Å². The molecule has 0 bridgehead atoms. The lowest BCUT2D eigenvalue weighted by Crippen LogP contribution is -2.46. The molecule has 1 atom stereocenters. The van der Waals surface area contributed by atoms with Gasteiger partial charge in [0.05, 0.1) is 13.0 Å². The maximum Gasteiger partial charge on any atom is 0.286 e. The smallest absolute Gasteiger partial charge is 0.286 e. The molecule has 1 aromatic carbocycles. The van der Waals surface area contributed by atoms with E-state index in [2.05, 4.69) is 20.8 Å². The van der Waals surface area contributed by atoms with Crippen LogP contribution in [0, 0.1) is 5.92 Å². The van der Waals surface area contributed by atoms with Crippen molar-refractivity contribution in [2.45, 2.75) is 32.7 Å². The molecule has 0 aliphatic carbocycles. The average molecular weight is 432 g/mol. The molecule has 0 unspecified atom stereocenters. The molecule has 160 valence electrons. The topological polar surface area (TPSA) is 114 Å². The van der Waals surface area contributed by atoms with Crippen molar-refractivity contribution in [2.75, 3.05) is 25.5 Å². The van der Waals surface area contributed by atoms with E-state index in [0.717, 1.165) is 24.2 Å². The summed E-state index contributed by atoms with van der Waals surface area (Å²) in [4.78, 5) is 39.1. The van der Waals surface area contributed by atoms with Crippen LogP contribution in [0.15, 0.2) is 24.3 Å². The maximum absolute atomic E-state index is 12.8. The molecule has 0 saturated carbocycles. The Bertz CT molecular complexity index is 912. The van der Waals surface area contributed by atoms with Crippen LogP contribution in [0.25, 0.3) is 0 Å². The van der Waals surface area contributed by atoms with Crippen LogP contribution in [-0.2, 0) is 4.79 Å². The van der Waals surface area contributed by atoms with Gasteiger partial charge in [-0.2, -0.15) is 0 Å². The van der Waals surface area contributed by atoms with Crippen LogP contribution in [0.2, 0.25) is 0 Å². The molecule has 1 aromatic heterocycles. The fraction of sp³-hybridized carbons (Fsp3) is 0.450. The zero-order valence-corrected chi connectivity index (χ0v) is 18.0. The van der Waals surface area contributed by atoms with Crippen molar-refractivity contribution in [1.29, 1.82) is 0 Å². The van der Waals surface area contributed by atoms with E-state index in [1.807, 2.05) is 13.8 Å². The van der Waals surface area contributed by atoms with Crippen molar-refractivity contribution in [2.24, 2.45) is 5.92 Å². The number of amides is 3. The van der Waals surface area contributed by atoms with Gasteiger partial charge < -0.3 is 20.3 Å². The number of piperidine rings is 1. The number of nitrogens with zero attached hydrogens (tertiary/aromatic N) is 3. The molecule has 1 aliphatic rings. The minimum Gasteiger partial charge on any atom is -0.497 e. The van der Waals surface area contributed by atoms with Crippen LogP contribution in [0.5, 0.6) is 5.75 Å². The highest BCUT2D eigenvalue weighted by molar-refractivity contribution is 7.15. The normalized spacial score (nSPS) is 16.3. The van der Waals surface area contributed by atoms with E-state index >= 15 is 0 Å². The lowest BCUT2D eigenvalue weighted by molar-refractivity contribution is -0.126. The first kappa shape index (κ1) is 21.7. The van der Waals surface area contributed by atoms with Gasteiger partial charge in [-0.15, -0.1) is 10.2 Å². The first-order valence-electron chi connectivity index (χ1n) is 9.76. The highest BCUT2D eigenvalue weighted by Gasteiger charge is 2.31. The lowest BCUT2D eigenvalue weighted by Gasteiger charge is -2.31. The SMILES string of the molecule is COc1ccc(NC(=O)c2nnc(C(=O)N3CCC[C@H](C(=O)NC(C)C)C3)s2)cc1. The molecule has 1 saturated heterocycles. The number of aromatic nitrogens is 2. The molecule has 2 N–H and O–H groups in total. The summed E-state index contributed by atoms with van der Waals surface area (Å²) < 4.78 is 5.09. The van der Waals surface area contributed by atoms with E-state index in [4.69, 9.17) is 4.74 Å². The molecule has 0 radical (unpaired) electrons. The molecular formula is C20H25N5O4S. The fourth-order valence-electron chi connectivity index (χ4n) is 3.17. The van der Waals surface area contributed by atoms with E-state index in [0.29, 0.717) is 24.5 Å². The lowest BCUT2D eigenvalue weighted by atomic mass is 9.97. The number of likely N-dealkylation sites (tertiary alicyclic amines) is 1. The summed E-state index contributed by atoms with van der Waals surface area (Å²) in [6, 6.07) is 6.93. The summed E-state index contributed by atoms with van der Waals surface area (Å²) in [6.07, 6.45) is 1.49. The molecule has 3 amide bonds.